The molecule has 0 amide bonds. The lowest BCUT2D eigenvalue weighted by Crippen LogP contribution is -2.04. The quantitative estimate of drug-likeness (QED) is 0.781. The van der Waals surface area contributed by atoms with E-state index in [1.54, 1.807) is 6.92 Å². The van der Waals surface area contributed by atoms with Crippen LogP contribution >= 0.6 is 23.7 Å². The predicted molar refractivity (Wildman–Crippen MR) is 47.6 cm³/mol. The molecule has 0 aliphatic carbocycles. The average molecular weight is 193 g/mol. The molecule has 0 fully saturated rings. The Balaban J connectivity index is 0.000001000. The van der Waals surface area contributed by atoms with E-state index in [0.29, 0.717) is 0 Å². The van der Waals surface area contributed by atoms with E-state index < -0.39 is 5.97 Å². The van der Waals surface area contributed by atoms with Gasteiger partial charge in [0, 0.05) is 4.88 Å². The molecule has 0 aliphatic heterocycles. The summed E-state index contributed by atoms with van der Waals surface area (Å²) in [6, 6.07) is 3.70. The summed E-state index contributed by atoms with van der Waals surface area (Å²) in [5, 5.41) is 10.4. The summed E-state index contributed by atoms with van der Waals surface area (Å²) in [5.74, 6) is -1.12. The molecule has 4 heteroatoms. The summed E-state index contributed by atoms with van der Waals surface area (Å²) in [6.45, 7) is 1.69. The lowest BCUT2D eigenvalue weighted by Gasteiger charge is -1.99. The molecule has 1 heterocycles. The third-order valence-corrected chi connectivity index (χ3v) is 2.40. The first kappa shape index (κ1) is 10.5. The van der Waals surface area contributed by atoms with E-state index in [1.807, 2.05) is 17.5 Å². The minimum atomic E-state index is -0.762. The van der Waals surface area contributed by atoms with Crippen LogP contribution in [0.1, 0.15) is 17.7 Å². The molecule has 11 heavy (non-hydrogen) atoms. The van der Waals surface area contributed by atoms with Gasteiger partial charge in [-0.3, -0.25) is 4.79 Å². The van der Waals surface area contributed by atoms with Gasteiger partial charge in [-0.1, -0.05) is 6.07 Å². The van der Waals surface area contributed by atoms with Gasteiger partial charge in [0.2, 0.25) is 0 Å². The van der Waals surface area contributed by atoms with Crippen molar-refractivity contribution in [2.75, 3.05) is 0 Å². The van der Waals surface area contributed by atoms with Crippen LogP contribution in [0.2, 0.25) is 0 Å². The monoisotopic (exact) mass is 192 g/mol. The molecule has 0 aromatic carbocycles. The summed E-state index contributed by atoms with van der Waals surface area (Å²) in [7, 11) is 0. The maximum Gasteiger partial charge on any atom is 0.311 e. The summed E-state index contributed by atoms with van der Waals surface area (Å²) < 4.78 is 0. The smallest absolute Gasteiger partial charge is 0.311 e. The summed E-state index contributed by atoms with van der Waals surface area (Å²) in [6.07, 6.45) is 0. The first-order valence-electron chi connectivity index (χ1n) is 2.98. The topological polar surface area (TPSA) is 37.3 Å². The van der Waals surface area contributed by atoms with Gasteiger partial charge in [-0.25, -0.2) is 0 Å². The van der Waals surface area contributed by atoms with E-state index in [1.165, 1.54) is 11.3 Å². The Morgan fingerprint density at radius 3 is 2.73 bits per heavy atom. The Morgan fingerprint density at radius 2 is 2.36 bits per heavy atom. The van der Waals surface area contributed by atoms with Gasteiger partial charge < -0.3 is 5.11 Å². The Labute approximate surface area is 75.3 Å². The van der Waals surface area contributed by atoms with Crippen LogP contribution in [0.25, 0.3) is 0 Å². The van der Waals surface area contributed by atoms with Crippen LogP contribution in [0, 0.1) is 0 Å². The van der Waals surface area contributed by atoms with Crippen molar-refractivity contribution in [2.24, 2.45) is 0 Å². The van der Waals surface area contributed by atoms with Gasteiger partial charge in [0.1, 0.15) is 0 Å². The van der Waals surface area contributed by atoms with Gasteiger partial charge in [0.25, 0.3) is 0 Å². The summed E-state index contributed by atoms with van der Waals surface area (Å²) in [4.78, 5) is 11.3. The van der Waals surface area contributed by atoms with Crippen LogP contribution in [0.5, 0.6) is 0 Å². The van der Waals surface area contributed by atoms with Gasteiger partial charge in [0.05, 0.1) is 5.92 Å². The molecule has 1 N–H and O–H groups in total. The minimum absolute atomic E-state index is 0. The number of thiophene rings is 1. The molecule has 1 rings (SSSR count). The molecule has 0 saturated heterocycles. The fourth-order valence-corrected chi connectivity index (χ4v) is 1.44. The number of carboxylic acids is 1. The SMILES string of the molecule is CC(C(=O)O)c1cccs1.Cl. The van der Waals surface area contributed by atoms with E-state index in [-0.39, 0.29) is 18.3 Å². The maximum atomic E-state index is 10.4. The van der Waals surface area contributed by atoms with Crippen molar-refractivity contribution in [3.63, 3.8) is 0 Å². The van der Waals surface area contributed by atoms with Crippen LogP contribution in [0.3, 0.4) is 0 Å². The van der Waals surface area contributed by atoms with E-state index >= 15 is 0 Å². The van der Waals surface area contributed by atoms with Crippen LogP contribution < -0.4 is 0 Å². The largest absolute Gasteiger partial charge is 0.481 e. The lowest BCUT2D eigenvalue weighted by atomic mass is 10.1. The Hall–Kier alpha value is -0.540. The van der Waals surface area contributed by atoms with Gasteiger partial charge in [-0.15, -0.1) is 23.7 Å². The van der Waals surface area contributed by atoms with E-state index in [0.717, 1.165) is 4.88 Å². The Kier molecular flexibility index (Phi) is 4.15. The molecular formula is C7H9ClO2S. The number of aliphatic carboxylic acids is 1. The minimum Gasteiger partial charge on any atom is -0.481 e. The van der Waals surface area contributed by atoms with E-state index in [9.17, 15) is 4.79 Å². The van der Waals surface area contributed by atoms with Crippen molar-refractivity contribution >= 4 is 29.7 Å². The Morgan fingerprint density at radius 1 is 1.73 bits per heavy atom. The van der Waals surface area contributed by atoms with Crippen molar-refractivity contribution in [3.05, 3.63) is 22.4 Å². The highest BCUT2D eigenvalue weighted by atomic mass is 35.5. The molecular weight excluding hydrogens is 184 g/mol. The van der Waals surface area contributed by atoms with Gasteiger partial charge in [0.15, 0.2) is 0 Å². The molecule has 1 unspecified atom stereocenters. The van der Waals surface area contributed by atoms with Crippen molar-refractivity contribution in [3.8, 4) is 0 Å². The summed E-state index contributed by atoms with van der Waals surface area (Å²) in [5.41, 5.74) is 0. The average Bonchev–Trinajstić information content (AvgIpc) is 2.36. The number of carbonyl (C=O) groups is 1. The molecule has 62 valence electrons. The first-order chi connectivity index (χ1) is 4.72. The third kappa shape index (κ3) is 2.52. The van der Waals surface area contributed by atoms with Crippen LogP contribution in [0.15, 0.2) is 17.5 Å². The highest BCUT2D eigenvalue weighted by Gasteiger charge is 2.13. The maximum absolute atomic E-state index is 10.4. The molecule has 2 nitrogen and oxygen atoms in total. The fraction of sp³-hybridized carbons (Fsp3) is 0.286. The zero-order valence-corrected chi connectivity index (χ0v) is 7.61. The van der Waals surface area contributed by atoms with Crippen LogP contribution in [0.4, 0.5) is 0 Å². The molecule has 1 aromatic rings. The summed E-state index contributed by atoms with van der Waals surface area (Å²) >= 11 is 1.48. The second kappa shape index (κ2) is 4.36. The van der Waals surface area contributed by atoms with Gasteiger partial charge in [-0.05, 0) is 18.4 Å². The number of hydrogen-bond donors (Lipinski definition) is 1. The Bertz CT molecular complexity index is 220. The highest BCUT2D eigenvalue weighted by Crippen LogP contribution is 2.20. The van der Waals surface area contributed by atoms with Crippen molar-refractivity contribution in [1.82, 2.24) is 0 Å². The molecule has 1 aromatic heterocycles. The second-order valence-electron chi connectivity index (χ2n) is 2.08. The normalized spacial score (nSPS) is 11.7. The molecule has 0 radical (unpaired) electrons. The molecule has 0 spiro atoms. The first-order valence-corrected chi connectivity index (χ1v) is 3.86. The van der Waals surface area contributed by atoms with Gasteiger partial charge >= 0.3 is 5.97 Å². The van der Waals surface area contributed by atoms with Crippen LogP contribution in [-0.4, -0.2) is 11.1 Å². The van der Waals surface area contributed by atoms with E-state index in [4.69, 9.17) is 5.11 Å². The van der Waals surface area contributed by atoms with Crippen LogP contribution in [-0.2, 0) is 4.79 Å². The molecule has 0 saturated carbocycles. The number of hydrogen-bond acceptors (Lipinski definition) is 2. The molecule has 1 atom stereocenters. The van der Waals surface area contributed by atoms with Crippen molar-refractivity contribution < 1.29 is 9.90 Å². The van der Waals surface area contributed by atoms with Gasteiger partial charge in [-0.2, -0.15) is 0 Å². The van der Waals surface area contributed by atoms with E-state index in [2.05, 4.69) is 0 Å². The van der Waals surface area contributed by atoms with Crippen molar-refractivity contribution in [2.45, 2.75) is 12.8 Å². The molecule has 0 aliphatic rings. The third-order valence-electron chi connectivity index (χ3n) is 1.34. The molecule has 0 bridgehead atoms. The number of halogens is 1. The predicted octanol–water partition coefficient (Wildman–Crippen LogP) is 2.36. The zero-order chi connectivity index (χ0) is 7.56. The number of rotatable bonds is 2. The lowest BCUT2D eigenvalue weighted by molar-refractivity contribution is -0.138. The second-order valence-corrected chi connectivity index (χ2v) is 3.05. The zero-order valence-electron chi connectivity index (χ0n) is 5.98. The van der Waals surface area contributed by atoms with Crippen molar-refractivity contribution in [1.29, 1.82) is 0 Å². The fourth-order valence-electron chi connectivity index (χ4n) is 0.659. The highest BCUT2D eigenvalue weighted by molar-refractivity contribution is 7.10. The number of carboxylic acid groups (broad SMARTS) is 1. The standard InChI is InChI=1S/C7H8O2S.ClH/c1-5(7(8)9)6-3-2-4-10-6;/h2-5H,1H3,(H,8,9);1H.